The normalized spacial score (nSPS) is 10.3. The summed E-state index contributed by atoms with van der Waals surface area (Å²) in [4.78, 5) is 12.1. The Morgan fingerprint density at radius 3 is 2.64 bits per heavy atom. The molecule has 0 radical (unpaired) electrons. The molecule has 0 atom stereocenters. The van der Waals surface area contributed by atoms with Crippen LogP contribution in [-0.4, -0.2) is 19.6 Å². The number of amides is 1. The predicted octanol–water partition coefficient (Wildman–Crippen LogP) is 2.99. The van der Waals surface area contributed by atoms with Gasteiger partial charge in [0.05, 0.1) is 13.5 Å². The lowest BCUT2D eigenvalue weighted by molar-refractivity contribution is -0.115. The van der Waals surface area contributed by atoms with Gasteiger partial charge in [0.2, 0.25) is 5.91 Å². The highest BCUT2D eigenvalue weighted by Crippen LogP contribution is 2.15. The molecule has 0 unspecified atom stereocenters. The number of ether oxygens (including phenoxy) is 1. The van der Waals surface area contributed by atoms with Crippen LogP contribution < -0.4 is 15.4 Å². The highest BCUT2D eigenvalue weighted by atomic mass is 16.5. The highest BCUT2D eigenvalue weighted by Gasteiger charge is 2.05. The molecule has 0 aliphatic carbocycles. The number of carbonyl (C=O) groups is 1. The second kappa shape index (κ2) is 8.20. The Hall–Kier alpha value is -2.33. The van der Waals surface area contributed by atoms with E-state index < -0.39 is 0 Å². The molecule has 2 N–H and O–H groups in total. The molecule has 0 aliphatic heterocycles. The second-order valence-electron chi connectivity index (χ2n) is 5.06. The summed E-state index contributed by atoms with van der Waals surface area (Å²) in [7, 11) is 1.62. The van der Waals surface area contributed by atoms with Crippen LogP contribution in [0.1, 0.15) is 18.1 Å². The molecule has 0 saturated carbocycles. The Balaban J connectivity index is 1.96. The summed E-state index contributed by atoms with van der Waals surface area (Å²) in [5, 5.41) is 6.21. The number of rotatable bonds is 7. The first kappa shape index (κ1) is 16.0. The van der Waals surface area contributed by atoms with Gasteiger partial charge in [-0.15, -0.1) is 0 Å². The molecule has 4 heteroatoms. The fourth-order valence-corrected chi connectivity index (χ4v) is 2.20. The first-order valence-electron chi connectivity index (χ1n) is 7.43. The van der Waals surface area contributed by atoms with E-state index in [4.69, 9.17) is 4.74 Å². The van der Waals surface area contributed by atoms with E-state index in [1.54, 1.807) is 7.11 Å². The first-order chi connectivity index (χ1) is 10.7. The van der Waals surface area contributed by atoms with Gasteiger partial charge in [0.25, 0.3) is 0 Å². The van der Waals surface area contributed by atoms with Crippen molar-refractivity contribution in [2.24, 2.45) is 0 Å². The molecule has 1 amide bonds. The van der Waals surface area contributed by atoms with E-state index in [1.165, 1.54) is 0 Å². The van der Waals surface area contributed by atoms with E-state index in [0.717, 1.165) is 35.7 Å². The Morgan fingerprint density at radius 1 is 1.09 bits per heavy atom. The van der Waals surface area contributed by atoms with Gasteiger partial charge in [0.1, 0.15) is 5.75 Å². The van der Waals surface area contributed by atoms with Crippen LogP contribution in [-0.2, 0) is 17.8 Å². The van der Waals surface area contributed by atoms with E-state index in [-0.39, 0.29) is 5.91 Å². The number of benzene rings is 2. The summed E-state index contributed by atoms with van der Waals surface area (Å²) in [6.45, 7) is 3.79. The van der Waals surface area contributed by atoms with Crippen LogP contribution >= 0.6 is 0 Å². The minimum atomic E-state index is -0.0335. The Bertz CT molecular complexity index is 626. The van der Waals surface area contributed by atoms with E-state index in [2.05, 4.69) is 17.6 Å². The van der Waals surface area contributed by atoms with Crippen molar-refractivity contribution in [3.63, 3.8) is 0 Å². The average Bonchev–Trinajstić information content (AvgIpc) is 2.53. The fraction of sp³-hybridized carbons (Fsp3) is 0.278. The van der Waals surface area contributed by atoms with Gasteiger partial charge in [-0.1, -0.05) is 31.2 Å². The largest absolute Gasteiger partial charge is 0.497 e. The summed E-state index contributed by atoms with van der Waals surface area (Å²) in [6.07, 6.45) is 0.328. The average molecular weight is 298 g/mol. The lowest BCUT2D eigenvalue weighted by Crippen LogP contribution is -2.15. The predicted molar refractivity (Wildman–Crippen MR) is 89.2 cm³/mol. The van der Waals surface area contributed by atoms with Gasteiger partial charge in [-0.3, -0.25) is 4.79 Å². The van der Waals surface area contributed by atoms with Crippen LogP contribution in [0.15, 0.2) is 48.5 Å². The molecule has 0 saturated heterocycles. The Kier molecular flexibility index (Phi) is 5.98. The van der Waals surface area contributed by atoms with Gasteiger partial charge < -0.3 is 15.4 Å². The summed E-state index contributed by atoms with van der Waals surface area (Å²) in [6, 6.07) is 15.4. The summed E-state index contributed by atoms with van der Waals surface area (Å²) in [5.41, 5.74) is 2.91. The van der Waals surface area contributed by atoms with E-state index in [0.29, 0.717) is 6.42 Å². The third-order valence-electron chi connectivity index (χ3n) is 3.29. The third kappa shape index (κ3) is 4.90. The Labute approximate surface area is 131 Å². The fourth-order valence-electron chi connectivity index (χ4n) is 2.20. The standard InChI is InChI=1S/C18H22N2O2/c1-3-19-13-15-7-4-8-16(10-15)20-18(21)12-14-6-5-9-17(11-14)22-2/h4-11,19H,3,12-13H2,1-2H3,(H,20,21). The SMILES string of the molecule is CCNCc1cccc(NC(=O)Cc2cccc(OC)c2)c1. The van der Waals surface area contributed by atoms with Crippen LogP contribution in [0.4, 0.5) is 5.69 Å². The van der Waals surface area contributed by atoms with Gasteiger partial charge in [0, 0.05) is 12.2 Å². The number of nitrogens with one attached hydrogen (secondary N) is 2. The van der Waals surface area contributed by atoms with Crippen LogP contribution in [0.25, 0.3) is 0 Å². The zero-order valence-corrected chi connectivity index (χ0v) is 13.1. The number of carbonyl (C=O) groups excluding carboxylic acids is 1. The molecular weight excluding hydrogens is 276 g/mol. The van der Waals surface area contributed by atoms with Crippen molar-refractivity contribution >= 4 is 11.6 Å². The molecule has 0 fully saturated rings. The van der Waals surface area contributed by atoms with Crippen molar-refractivity contribution in [2.45, 2.75) is 19.9 Å². The molecule has 0 aliphatic rings. The lowest BCUT2D eigenvalue weighted by Gasteiger charge is -2.08. The number of methoxy groups -OCH3 is 1. The second-order valence-corrected chi connectivity index (χ2v) is 5.06. The van der Waals surface area contributed by atoms with Gasteiger partial charge in [-0.2, -0.15) is 0 Å². The molecule has 116 valence electrons. The molecule has 22 heavy (non-hydrogen) atoms. The third-order valence-corrected chi connectivity index (χ3v) is 3.29. The molecule has 0 heterocycles. The van der Waals surface area contributed by atoms with Crippen LogP contribution in [0, 0.1) is 0 Å². The van der Waals surface area contributed by atoms with Crippen molar-refractivity contribution < 1.29 is 9.53 Å². The minimum Gasteiger partial charge on any atom is -0.497 e. The smallest absolute Gasteiger partial charge is 0.228 e. The van der Waals surface area contributed by atoms with E-state index in [1.807, 2.05) is 48.5 Å². The maximum atomic E-state index is 12.1. The molecule has 0 bridgehead atoms. The lowest BCUT2D eigenvalue weighted by atomic mass is 10.1. The van der Waals surface area contributed by atoms with Crippen LogP contribution in [0.3, 0.4) is 0 Å². The monoisotopic (exact) mass is 298 g/mol. The topological polar surface area (TPSA) is 50.4 Å². The summed E-state index contributed by atoms with van der Waals surface area (Å²) in [5.74, 6) is 0.729. The molecule has 0 spiro atoms. The molecule has 4 nitrogen and oxygen atoms in total. The molecular formula is C18H22N2O2. The van der Waals surface area contributed by atoms with Crippen molar-refractivity contribution in [3.05, 3.63) is 59.7 Å². The van der Waals surface area contributed by atoms with Crippen molar-refractivity contribution in [2.75, 3.05) is 19.0 Å². The molecule has 2 rings (SSSR count). The first-order valence-corrected chi connectivity index (χ1v) is 7.43. The van der Waals surface area contributed by atoms with Crippen LogP contribution in [0.5, 0.6) is 5.75 Å². The number of hydrogen-bond acceptors (Lipinski definition) is 3. The van der Waals surface area contributed by atoms with Crippen molar-refractivity contribution in [1.29, 1.82) is 0 Å². The highest BCUT2D eigenvalue weighted by molar-refractivity contribution is 5.92. The summed E-state index contributed by atoms with van der Waals surface area (Å²) >= 11 is 0. The van der Waals surface area contributed by atoms with Gasteiger partial charge >= 0.3 is 0 Å². The minimum absolute atomic E-state index is 0.0335. The van der Waals surface area contributed by atoms with Crippen LogP contribution in [0.2, 0.25) is 0 Å². The Morgan fingerprint density at radius 2 is 1.86 bits per heavy atom. The van der Waals surface area contributed by atoms with E-state index in [9.17, 15) is 4.79 Å². The van der Waals surface area contributed by atoms with Gasteiger partial charge in [-0.05, 0) is 41.9 Å². The molecule has 2 aromatic rings. The quantitative estimate of drug-likeness (QED) is 0.826. The zero-order valence-electron chi connectivity index (χ0n) is 13.1. The molecule has 2 aromatic carbocycles. The van der Waals surface area contributed by atoms with Crippen molar-refractivity contribution in [1.82, 2.24) is 5.32 Å². The number of anilines is 1. The van der Waals surface area contributed by atoms with Gasteiger partial charge in [0.15, 0.2) is 0 Å². The van der Waals surface area contributed by atoms with Crippen molar-refractivity contribution in [3.8, 4) is 5.75 Å². The maximum Gasteiger partial charge on any atom is 0.228 e. The maximum absolute atomic E-state index is 12.1. The summed E-state index contributed by atoms with van der Waals surface area (Å²) < 4.78 is 5.17. The molecule has 0 aromatic heterocycles. The van der Waals surface area contributed by atoms with E-state index >= 15 is 0 Å². The number of hydrogen-bond donors (Lipinski definition) is 2. The van der Waals surface area contributed by atoms with Gasteiger partial charge in [-0.25, -0.2) is 0 Å². The zero-order chi connectivity index (χ0) is 15.8.